The minimum Gasteiger partial charge on any atom is -0.379 e. The molecule has 0 aromatic heterocycles. The van der Waals surface area contributed by atoms with Crippen LogP contribution < -0.4 is 0 Å². The molecule has 1 aromatic rings. The maximum atomic E-state index is 13.6. The molecule has 16 heavy (non-hydrogen) atoms. The maximum Gasteiger partial charge on any atom is 0.127 e. The summed E-state index contributed by atoms with van der Waals surface area (Å²) in [5.74, 6) is -0.0938. The fourth-order valence-corrected chi connectivity index (χ4v) is 1.97. The van der Waals surface area contributed by atoms with Crippen molar-refractivity contribution in [1.29, 1.82) is 0 Å². The first kappa shape index (κ1) is 11.6. The molecule has 3 heteroatoms. The van der Waals surface area contributed by atoms with Crippen molar-refractivity contribution in [3.8, 4) is 0 Å². The zero-order valence-corrected chi connectivity index (χ0v) is 9.71. The lowest BCUT2D eigenvalue weighted by molar-refractivity contribution is 0.0337. The van der Waals surface area contributed by atoms with Gasteiger partial charge in [0, 0.05) is 25.2 Å². The van der Waals surface area contributed by atoms with E-state index in [1.54, 1.807) is 6.07 Å². The van der Waals surface area contributed by atoms with Gasteiger partial charge in [-0.05, 0) is 18.1 Å². The third-order valence-electron chi connectivity index (χ3n) is 3.02. The van der Waals surface area contributed by atoms with Crippen LogP contribution in [0.5, 0.6) is 0 Å². The first-order chi connectivity index (χ1) is 7.79. The monoisotopic (exact) mass is 223 g/mol. The predicted molar refractivity (Wildman–Crippen MR) is 61.9 cm³/mol. The second-order valence-corrected chi connectivity index (χ2v) is 4.17. The van der Waals surface area contributed by atoms with Gasteiger partial charge in [0.05, 0.1) is 13.2 Å². The van der Waals surface area contributed by atoms with Crippen LogP contribution in [-0.4, -0.2) is 31.2 Å². The Kier molecular flexibility index (Phi) is 3.91. The molecule has 1 aromatic carbocycles. The summed E-state index contributed by atoms with van der Waals surface area (Å²) in [6, 6.07) is 5.41. The van der Waals surface area contributed by atoms with Crippen LogP contribution in [0.1, 0.15) is 18.1 Å². The molecule has 2 nitrogen and oxygen atoms in total. The third kappa shape index (κ3) is 2.80. The minimum absolute atomic E-state index is 0.0938. The third-order valence-corrected chi connectivity index (χ3v) is 3.02. The molecule has 0 atom stereocenters. The first-order valence-electron chi connectivity index (χ1n) is 5.87. The van der Waals surface area contributed by atoms with Crippen molar-refractivity contribution >= 4 is 0 Å². The van der Waals surface area contributed by atoms with Gasteiger partial charge in [-0.15, -0.1) is 0 Å². The number of aryl methyl sites for hydroxylation is 1. The Labute approximate surface area is 96.0 Å². The summed E-state index contributed by atoms with van der Waals surface area (Å²) in [5, 5.41) is 0. The number of morpholine rings is 1. The molecule has 1 heterocycles. The van der Waals surface area contributed by atoms with Crippen molar-refractivity contribution in [2.24, 2.45) is 0 Å². The Hall–Kier alpha value is -0.930. The van der Waals surface area contributed by atoms with Crippen molar-refractivity contribution in [2.45, 2.75) is 19.9 Å². The topological polar surface area (TPSA) is 12.5 Å². The molecule has 0 unspecified atom stereocenters. The Bertz CT molecular complexity index is 348. The van der Waals surface area contributed by atoms with E-state index in [-0.39, 0.29) is 5.82 Å². The average Bonchev–Trinajstić information content (AvgIpc) is 2.33. The van der Waals surface area contributed by atoms with Gasteiger partial charge in [-0.25, -0.2) is 4.39 Å². The Balaban J connectivity index is 2.06. The van der Waals surface area contributed by atoms with Gasteiger partial charge in [0.2, 0.25) is 0 Å². The highest BCUT2D eigenvalue weighted by atomic mass is 19.1. The largest absolute Gasteiger partial charge is 0.379 e. The van der Waals surface area contributed by atoms with Crippen LogP contribution >= 0.6 is 0 Å². The number of hydrogen-bond donors (Lipinski definition) is 0. The Morgan fingerprint density at radius 2 is 2.06 bits per heavy atom. The fraction of sp³-hybridized carbons (Fsp3) is 0.538. The quantitative estimate of drug-likeness (QED) is 0.779. The molecule has 0 amide bonds. The van der Waals surface area contributed by atoms with E-state index in [0.29, 0.717) is 6.54 Å². The van der Waals surface area contributed by atoms with E-state index < -0.39 is 0 Å². The summed E-state index contributed by atoms with van der Waals surface area (Å²) in [5.41, 5.74) is 2.01. The van der Waals surface area contributed by atoms with Gasteiger partial charge in [-0.2, -0.15) is 0 Å². The first-order valence-corrected chi connectivity index (χ1v) is 5.87. The highest BCUT2D eigenvalue weighted by Gasteiger charge is 2.13. The maximum absolute atomic E-state index is 13.6. The van der Waals surface area contributed by atoms with E-state index in [4.69, 9.17) is 4.74 Å². The van der Waals surface area contributed by atoms with Crippen LogP contribution in [0.3, 0.4) is 0 Å². The lowest BCUT2D eigenvalue weighted by Crippen LogP contribution is -2.35. The van der Waals surface area contributed by atoms with Crippen molar-refractivity contribution < 1.29 is 9.13 Å². The standard InChI is InChI=1S/C13H18FNO/c1-2-11-3-4-13(14)12(9-11)10-15-5-7-16-8-6-15/h3-4,9H,2,5-8,10H2,1H3. The molecule has 0 bridgehead atoms. The van der Waals surface area contributed by atoms with Gasteiger partial charge in [0.25, 0.3) is 0 Å². The van der Waals surface area contributed by atoms with Crippen molar-refractivity contribution in [2.75, 3.05) is 26.3 Å². The Morgan fingerprint density at radius 1 is 1.31 bits per heavy atom. The molecule has 0 spiro atoms. The molecular formula is C13H18FNO. The molecule has 0 N–H and O–H groups in total. The molecule has 2 rings (SSSR count). The molecule has 1 aliphatic rings. The normalized spacial score (nSPS) is 17.6. The molecule has 1 aliphatic heterocycles. The fourth-order valence-electron chi connectivity index (χ4n) is 1.97. The van der Waals surface area contributed by atoms with E-state index in [1.165, 1.54) is 5.56 Å². The lowest BCUT2D eigenvalue weighted by Gasteiger charge is -2.26. The van der Waals surface area contributed by atoms with Crippen LogP contribution in [-0.2, 0) is 17.7 Å². The van der Waals surface area contributed by atoms with Crippen LogP contribution in [0.25, 0.3) is 0 Å². The highest BCUT2D eigenvalue weighted by Crippen LogP contribution is 2.14. The van der Waals surface area contributed by atoms with Crippen LogP contribution in [0.2, 0.25) is 0 Å². The molecule has 1 fully saturated rings. The molecule has 1 saturated heterocycles. The molecule has 0 radical (unpaired) electrons. The van der Waals surface area contributed by atoms with E-state index in [1.807, 2.05) is 12.1 Å². The second kappa shape index (κ2) is 5.41. The number of hydrogen-bond acceptors (Lipinski definition) is 2. The number of benzene rings is 1. The van der Waals surface area contributed by atoms with E-state index in [2.05, 4.69) is 11.8 Å². The number of ether oxygens (including phenoxy) is 1. The summed E-state index contributed by atoms with van der Waals surface area (Å²) in [6.45, 7) is 6.10. The summed E-state index contributed by atoms with van der Waals surface area (Å²) in [4.78, 5) is 2.24. The van der Waals surface area contributed by atoms with Gasteiger partial charge in [0.1, 0.15) is 5.82 Å². The van der Waals surface area contributed by atoms with Crippen LogP contribution in [0.15, 0.2) is 18.2 Å². The summed E-state index contributed by atoms with van der Waals surface area (Å²) < 4.78 is 18.9. The highest BCUT2D eigenvalue weighted by molar-refractivity contribution is 5.25. The smallest absolute Gasteiger partial charge is 0.127 e. The van der Waals surface area contributed by atoms with Gasteiger partial charge in [-0.1, -0.05) is 19.1 Å². The van der Waals surface area contributed by atoms with Crippen LogP contribution in [0.4, 0.5) is 4.39 Å². The zero-order chi connectivity index (χ0) is 11.4. The van der Waals surface area contributed by atoms with Gasteiger partial charge < -0.3 is 4.74 Å². The summed E-state index contributed by atoms with van der Waals surface area (Å²) in [6.07, 6.45) is 0.955. The lowest BCUT2D eigenvalue weighted by atomic mass is 10.1. The Morgan fingerprint density at radius 3 is 2.75 bits per heavy atom. The van der Waals surface area contributed by atoms with E-state index >= 15 is 0 Å². The number of nitrogens with zero attached hydrogens (tertiary/aromatic N) is 1. The van der Waals surface area contributed by atoms with Gasteiger partial charge in [0.15, 0.2) is 0 Å². The molecule has 0 saturated carbocycles. The minimum atomic E-state index is -0.0938. The number of halogens is 1. The molecule has 0 aliphatic carbocycles. The van der Waals surface area contributed by atoms with E-state index in [0.717, 1.165) is 38.3 Å². The molecular weight excluding hydrogens is 205 g/mol. The SMILES string of the molecule is CCc1ccc(F)c(CN2CCOCC2)c1. The van der Waals surface area contributed by atoms with Crippen molar-refractivity contribution in [1.82, 2.24) is 4.90 Å². The predicted octanol–water partition coefficient (Wildman–Crippen LogP) is 2.22. The van der Waals surface area contributed by atoms with Crippen molar-refractivity contribution in [3.63, 3.8) is 0 Å². The van der Waals surface area contributed by atoms with E-state index in [9.17, 15) is 4.39 Å². The average molecular weight is 223 g/mol. The zero-order valence-electron chi connectivity index (χ0n) is 9.71. The van der Waals surface area contributed by atoms with Gasteiger partial charge in [-0.3, -0.25) is 4.90 Å². The van der Waals surface area contributed by atoms with Gasteiger partial charge >= 0.3 is 0 Å². The second-order valence-electron chi connectivity index (χ2n) is 4.17. The number of rotatable bonds is 3. The molecule has 88 valence electrons. The van der Waals surface area contributed by atoms with Crippen LogP contribution in [0, 0.1) is 5.82 Å². The summed E-state index contributed by atoms with van der Waals surface area (Å²) in [7, 11) is 0. The van der Waals surface area contributed by atoms with Crippen molar-refractivity contribution in [3.05, 3.63) is 35.1 Å². The summed E-state index contributed by atoms with van der Waals surface area (Å²) >= 11 is 0.